The standard InChI is InChI=1S/C22H30N4O3/c1-15-10-12-22(13-11-15)20(28)26(21(29)23-22)24-19(27)14-25(2)18-9-5-7-16-6-3-4-8-17(16)18/h3-4,6,8,15,18H,5,7,9-14H2,1-2H3,(H,23,29)(H,24,27). The second-order valence-electron chi connectivity index (χ2n) is 8.89. The van der Waals surface area contributed by atoms with Crippen molar-refractivity contribution in [3.05, 3.63) is 35.4 Å². The van der Waals surface area contributed by atoms with Crippen LogP contribution in [0.1, 0.15) is 62.6 Å². The molecule has 0 bridgehead atoms. The third-order valence-corrected chi connectivity index (χ3v) is 6.79. The minimum absolute atomic E-state index is 0.125. The molecule has 1 saturated carbocycles. The molecule has 4 rings (SSSR count). The molecular formula is C22H30N4O3. The van der Waals surface area contributed by atoms with E-state index in [4.69, 9.17) is 0 Å². The molecule has 1 aromatic rings. The number of hydrogen-bond donors (Lipinski definition) is 2. The smallest absolute Gasteiger partial charge is 0.322 e. The lowest BCUT2D eigenvalue weighted by Crippen LogP contribution is -2.52. The Balaban J connectivity index is 1.39. The first-order valence-electron chi connectivity index (χ1n) is 10.6. The van der Waals surface area contributed by atoms with Gasteiger partial charge in [-0.15, -0.1) is 0 Å². The summed E-state index contributed by atoms with van der Waals surface area (Å²) in [6.45, 7) is 2.28. The molecular weight excluding hydrogens is 368 g/mol. The van der Waals surface area contributed by atoms with Gasteiger partial charge in [0, 0.05) is 6.04 Å². The molecule has 156 valence electrons. The van der Waals surface area contributed by atoms with Gasteiger partial charge in [0.1, 0.15) is 5.54 Å². The molecule has 7 heteroatoms. The summed E-state index contributed by atoms with van der Waals surface area (Å²) in [5.41, 5.74) is 4.30. The van der Waals surface area contributed by atoms with Gasteiger partial charge in [0.2, 0.25) is 0 Å². The van der Waals surface area contributed by atoms with Crippen molar-refractivity contribution in [1.29, 1.82) is 0 Å². The van der Waals surface area contributed by atoms with Crippen LogP contribution >= 0.6 is 0 Å². The van der Waals surface area contributed by atoms with E-state index in [1.165, 1.54) is 11.1 Å². The third-order valence-electron chi connectivity index (χ3n) is 6.79. The van der Waals surface area contributed by atoms with Crippen LogP contribution in [-0.2, 0) is 16.0 Å². The summed E-state index contributed by atoms with van der Waals surface area (Å²) in [5.74, 6) is -0.116. The van der Waals surface area contributed by atoms with Crippen molar-refractivity contribution in [3.8, 4) is 0 Å². The van der Waals surface area contributed by atoms with E-state index in [0.717, 1.165) is 37.1 Å². The van der Waals surface area contributed by atoms with Crippen LogP contribution in [0.2, 0.25) is 0 Å². The van der Waals surface area contributed by atoms with Gasteiger partial charge < -0.3 is 5.32 Å². The maximum atomic E-state index is 12.9. The maximum Gasteiger partial charge on any atom is 0.344 e. The minimum Gasteiger partial charge on any atom is -0.322 e. The van der Waals surface area contributed by atoms with Crippen LogP contribution in [0.15, 0.2) is 24.3 Å². The minimum atomic E-state index is -0.842. The zero-order valence-corrected chi connectivity index (χ0v) is 17.2. The van der Waals surface area contributed by atoms with E-state index in [-0.39, 0.29) is 24.4 Å². The quantitative estimate of drug-likeness (QED) is 0.764. The average Bonchev–Trinajstić information content (AvgIpc) is 2.94. The fourth-order valence-corrected chi connectivity index (χ4v) is 5.00. The van der Waals surface area contributed by atoms with Gasteiger partial charge in [0.15, 0.2) is 0 Å². The molecule has 1 atom stereocenters. The van der Waals surface area contributed by atoms with Crippen molar-refractivity contribution in [1.82, 2.24) is 20.7 Å². The first-order chi connectivity index (χ1) is 13.9. The van der Waals surface area contributed by atoms with Crippen LogP contribution in [0.5, 0.6) is 0 Å². The Bertz CT molecular complexity index is 816. The number of amides is 4. The Morgan fingerprint density at radius 1 is 1.24 bits per heavy atom. The molecule has 2 aliphatic carbocycles. The highest BCUT2D eigenvalue weighted by molar-refractivity contribution is 6.08. The van der Waals surface area contributed by atoms with Crippen molar-refractivity contribution in [2.24, 2.45) is 5.92 Å². The van der Waals surface area contributed by atoms with Crippen molar-refractivity contribution in [3.63, 3.8) is 0 Å². The van der Waals surface area contributed by atoms with Gasteiger partial charge in [0.05, 0.1) is 6.54 Å². The van der Waals surface area contributed by atoms with Crippen molar-refractivity contribution in [2.75, 3.05) is 13.6 Å². The number of nitrogens with zero attached hydrogens (tertiary/aromatic N) is 2. The van der Waals surface area contributed by atoms with E-state index in [1.54, 1.807) is 0 Å². The Morgan fingerprint density at radius 3 is 2.72 bits per heavy atom. The molecule has 0 radical (unpaired) electrons. The molecule has 2 N–H and O–H groups in total. The van der Waals surface area contributed by atoms with E-state index in [1.807, 2.05) is 24.1 Å². The number of hydrogen-bond acceptors (Lipinski definition) is 4. The molecule has 7 nitrogen and oxygen atoms in total. The number of aryl methyl sites for hydroxylation is 1. The summed E-state index contributed by atoms with van der Waals surface area (Å²) < 4.78 is 0. The highest BCUT2D eigenvalue weighted by atomic mass is 16.2. The molecule has 1 heterocycles. The van der Waals surface area contributed by atoms with Crippen LogP contribution in [0.4, 0.5) is 4.79 Å². The molecule has 0 aromatic heterocycles. The molecule has 4 amide bonds. The molecule has 29 heavy (non-hydrogen) atoms. The Labute approximate surface area is 171 Å². The summed E-state index contributed by atoms with van der Waals surface area (Å²) >= 11 is 0. The second-order valence-corrected chi connectivity index (χ2v) is 8.89. The SMILES string of the molecule is CC1CCC2(CC1)NC(=O)N(NC(=O)CN(C)C1CCCc3ccccc31)C2=O. The van der Waals surface area contributed by atoms with Crippen molar-refractivity contribution in [2.45, 2.75) is 63.5 Å². The molecule has 1 saturated heterocycles. The number of carbonyl (C=O) groups excluding carboxylic acids is 3. The highest BCUT2D eigenvalue weighted by Crippen LogP contribution is 2.36. The number of imide groups is 1. The van der Waals surface area contributed by atoms with Crippen molar-refractivity contribution < 1.29 is 14.4 Å². The largest absolute Gasteiger partial charge is 0.344 e. The lowest BCUT2D eigenvalue weighted by atomic mass is 9.77. The molecule has 1 spiro atoms. The topological polar surface area (TPSA) is 81.8 Å². The summed E-state index contributed by atoms with van der Waals surface area (Å²) in [6, 6.07) is 7.99. The third kappa shape index (κ3) is 3.75. The number of hydrazine groups is 1. The number of urea groups is 1. The Morgan fingerprint density at radius 2 is 1.97 bits per heavy atom. The van der Waals surface area contributed by atoms with E-state index in [9.17, 15) is 14.4 Å². The van der Waals surface area contributed by atoms with Gasteiger partial charge in [0.25, 0.3) is 11.8 Å². The average molecular weight is 399 g/mol. The van der Waals surface area contributed by atoms with Gasteiger partial charge in [-0.05, 0) is 69.0 Å². The van der Waals surface area contributed by atoms with Crippen LogP contribution in [0, 0.1) is 5.92 Å². The normalized spacial score (nSPS) is 29.1. The van der Waals surface area contributed by atoms with E-state index in [2.05, 4.69) is 29.8 Å². The maximum absolute atomic E-state index is 12.9. The predicted octanol–water partition coefficient (Wildman–Crippen LogP) is 2.53. The van der Waals surface area contributed by atoms with Crippen LogP contribution in [0.3, 0.4) is 0 Å². The van der Waals surface area contributed by atoms with Crippen LogP contribution in [0.25, 0.3) is 0 Å². The fraction of sp³-hybridized carbons (Fsp3) is 0.591. The highest BCUT2D eigenvalue weighted by Gasteiger charge is 2.52. The lowest BCUT2D eigenvalue weighted by Gasteiger charge is -2.34. The second kappa shape index (κ2) is 7.78. The molecule has 1 aliphatic heterocycles. The number of fused-ring (bicyclic) bond motifs is 1. The number of nitrogens with one attached hydrogen (secondary N) is 2. The van der Waals surface area contributed by atoms with Crippen molar-refractivity contribution >= 4 is 17.8 Å². The Kier molecular flexibility index (Phi) is 5.34. The number of carbonyl (C=O) groups is 3. The van der Waals surface area contributed by atoms with Crippen LogP contribution in [-0.4, -0.2) is 46.9 Å². The van der Waals surface area contributed by atoms with Gasteiger partial charge in [-0.1, -0.05) is 31.2 Å². The van der Waals surface area contributed by atoms with Gasteiger partial charge in [-0.25, -0.2) is 4.79 Å². The van der Waals surface area contributed by atoms with Gasteiger partial charge in [-0.2, -0.15) is 5.01 Å². The zero-order valence-electron chi connectivity index (χ0n) is 17.2. The summed E-state index contributed by atoms with van der Waals surface area (Å²) in [6.07, 6.45) is 6.20. The fourth-order valence-electron chi connectivity index (χ4n) is 5.00. The van der Waals surface area contributed by atoms with E-state index < -0.39 is 11.6 Å². The van der Waals surface area contributed by atoms with E-state index >= 15 is 0 Å². The summed E-state index contributed by atoms with van der Waals surface area (Å²) in [5, 5.41) is 3.72. The Hall–Kier alpha value is -2.41. The molecule has 1 unspecified atom stereocenters. The number of rotatable bonds is 4. The van der Waals surface area contributed by atoms with Gasteiger partial charge >= 0.3 is 6.03 Å². The van der Waals surface area contributed by atoms with Gasteiger partial charge in [-0.3, -0.25) is 19.9 Å². The first-order valence-corrected chi connectivity index (χ1v) is 10.6. The predicted molar refractivity (Wildman–Crippen MR) is 109 cm³/mol. The molecule has 3 aliphatic rings. The monoisotopic (exact) mass is 398 g/mol. The number of likely N-dealkylation sites (N-methyl/N-ethyl adjacent to an activating group) is 1. The summed E-state index contributed by atoms with van der Waals surface area (Å²) in [7, 11) is 1.92. The molecule has 1 aromatic carbocycles. The first kappa shape index (κ1) is 19.9. The zero-order chi connectivity index (χ0) is 20.6. The molecule has 2 fully saturated rings. The summed E-state index contributed by atoms with van der Waals surface area (Å²) in [4.78, 5) is 39.9. The lowest BCUT2D eigenvalue weighted by molar-refractivity contribution is -0.140. The van der Waals surface area contributed by atoms with E-state index in [0.29, 0.717) is 18.8 Å². The number of benzene rings is 1. The van der Waals surface area contributed by atoms with Crippen LogP contribution < -0.4 is 10.7 Å².